The highest BCUT2D eigenvalue weighted by Crippen LogP contribution is 2.30. The average molecular weight is 456 g/mol. The summed E-state index contributed by atoms with van der Waals surface area (Å²) in [5.41, 5.74) is -1.66. The Labute approximate surface area is 185 Å². The summed E-state index contributed by atoms with van der Waals surface area (Å²) in [6.07, 6.45) is 3.85. The largest absolute Gasteiger partial charge is 0.460 e. The third-order valence-corrected chi connectivity index (χ3v) is 5.53. The molecule has 0 N–H and O–H groups in total. The van der Waals surface area contributed by atoms with Gasteiger partial charge in [-0.3, -0.25) is 4.79 Å². The maximum absolute atomic E-state index is 14.3. The van der Waals surface area contributed by atoms with Gasteiger partial charge in [-0.1, -0.05) is 34.6 Å². The molecule has 1 aromatic carbocycles. The summed E-state index contributed by atoms with van der Waals surface area (Å²) >= 11 is 0. The van der Waals surface area contributed by atoms with Crippen LogP contribution in [-0.2, 0) is 32.9 Å². The van der Waals surface area contributed by atoms with E-state index in [0.29, 0.717) is 11.4 Å². The molecule has 1 unspecified atom stereocenters. The van der Waals surface area contributed by atoms with E-state index in [2.05, 4.69) is 14.7 Å². The molecule has 1 aromatic heterocycles. The topological polar surface area (TPSA) is 61.3 Å². The van der Waals surface area contributed by atoms with Crippen molar-refractivity contribution < 1.29 is 31.8 Å². The van der Waals surface area contributed by atoms with E-state index in [9.17, 15) is 22.4 Å². The molecule has 0 radical (unpaired) electrons. The molecule has 0 fully saturated rings. The Bertz CT molecular complexity index is 934. The normalized spacial score (nSPS) is 12.8. The van der Waals surface area contributed by atoms with Crippen LogP contribution in [0.4, 0.5) is 17.6 Å². The maximum atomic E-state index is 14.3. The molecule has 0 aliphatic rings. The minimum absolute atomic E-state index is 0.245. The minimum atomic E-state index is -1.63. The molecular weight excluding hydrogens is 428 g/mol. The van der Waals surface area contributed by atoms with Crippen LogP contribution in [0.2, 0.25) is 0 Å². The number of carbonyl (C=O) groups excluding carboxylic acids is 1. The molecule has 2 aromatic rings. The number of benzene rings is 1. The molecule has 0 spiro atoms. The molecule has 0 saturated carbocycles. The van der Waals surface area contributed by atoms with E-state index in [1.807, 2.05) is 20.8 Å². The van der Waals surface area contributed by atoms with E-state index in [-0.39, 0.29) is 11.3 Å². The summed E-state index contributed by atoms with van der Waals surface area (Å²) in [5, 5.41) is 0. The van der Waals surface area contributed by atoms with Gasteiger partial charge in [0.1, 0.15) is 12.4 Å². The van der Waals surface area contributed by atoms with Crippen molar-refractivity contribution in [3.05, 3.63) is 58.2 Å². The van der Waals surface area contributed by atoms with Crippen LogP contribution >= 0.6 is 0 Å². The number of methoxy groups -OCH3 is 1. The second-order valence-electron chi connectivity index (χ2n) is 8.55. The van der Waals surface area contributed by atoms with Crippen LogP contribution in [0.1, 0.15) is 69.5 Å². The first-order chi connectivity index (χ1) is 15.0. The number of esters is 1. The summed E-state index contributed by atoms with van der Waals surface area (Å²) in [6.45, 7) is 7.91. The number of rotatable bonds is 9. The molecule has 0 bridgehead atoms. The first kappa shape index (κ1) is 25.7. The quantitative estimate of drug-likeness (QED) is 0.289. The molecule has 5 nitrogen and oxygen atoms in total. The molecule has 176 valence electrons. The zero-order chi connectivity index (χ0) is 24.2. The van der Waals surface area contributed by atoms with Gasteiger partial charge in [-0.25, -0.2) is 27.5 Å². The van der Waals surface area contributed by atoms with Gasteiger partial charge in [-0.05, 0) is 12.3 Å². The SMILES string of the molecule is CCC(C)(C)c1ncc(C(C(=O)OCc2c(F)c(F)c(COC)c(F)c2F)C(C)C)cn1. The van der Waals surface area contributed by atoms with E-state index in [1.54, 1.807) is 13.8 Å². The Kier molecular flexibility index (Phi) is 8.34. The highest BCUT2D eigenvalue weighted by Gasteiger charge is 2.30. The van der Waals surface area contributed by atoms with Gasteiger partial charge < -0.3 is 9.47 Å². The van der Waals surface area contributed by atoms with Crippen LogP contribution in [0.25, 0.3) is 0 Å². The Morgan fingerprint density at radius 1 is 0.969 bits per heavy atom. The lowest BCUT2D eigenvalue weighted by Crippen LogP contribution is -2.24. The fraction of sp³-hybridized carbons (Fsp3) is 0.522. The zero-order valence-electron chi connectivity index (χ0n) is 19.1. The fourth-order valence-electron chi connectivity index (χ4n) is 3.15. The lowest BCUT2D eigenvalue weighted by Gasteiger charge is -2.23. The third kappa shape index (κ3) is 5.26. The summed E-state index contributed by atoms with van der Waals surface area (Å²) in [6, 6.07) is 0. The van der Waals surface area contributed by atoms with Crippen LogP contribution in [0.3, 0.4) is 0 Å². The van der Waals surface area contributed by atoms with Gasteiger partial charge in [-0.2, -0.15) is 0 Å². The summed E-state index contributed by atoms with van der Waals surface area (Å²) in [5.74, 6) is -7.71. The van der Waals surface area contributed by atoms with E-state index in [1.165, 1.54) is 12.4 Å². The summed E-state index contributed by atoms with van der Waals surface area (Å²) < 4.78 is 66.5. The van der Waals surface area contributed by atoms with Crippen molar-refractivity contribution in [1.29, 1.82) is 0 Å². The number of hydrogen-bond acceptors (Lipinski definition) is 5. The van der Waals surface area contributed by atoms with Crippen molar-refractivity contribution in [2.45, 2.75) is 65.6 Å². The molecule has 9 heteroatoms. The molecule has 1 atom stereocenters. The van der Waals surface area contributed by atoms with Crippen molar-refractivity contribution in [2.75, 3.05) is 7.11 Å². The molecule has 2 rings (SSSR count). The lowest BCUT2D eigenvalue weighted by atomic mass is 9.88. The van der Waals surface area contributed by atoms with Crippen molar-refractivity contribution in [3.63, 3.8) is 0 Å². The molecule has 32 heavy (non-hydrogen) atoms. The molecule has 0 amide bonds. The third-order valence-electron chi connectivity index (χ3n) is 5.53. The molecule has 0 saturated heterocycles. The number of ether oxygens (including phenoxy) is 2. The number of nitrogens with zero attached hydrogens (tertiary/aromatic N) is 2. The Morgan fingerprint density at radius 2 is 1.44 bits per heavy atom. The van der Waals surface area contributed by atoms with E-state index < -0.39 is 59.5 Å². The van der Waals surface area contributed by atoms with E-state index >= 15 is 0 Å². The van der Waals surface area contributed by atoms with Crippen LogP contribution in [0, 0.1) is 29.2 Å². The predicted molar refractivity (Wildman–Crippen MR) is 110 cm³/mol. The zero-order valence-corrected chi connectivity index (χ0v) is 19.1. The van der Waals surface area contributed by atoms with Crippen LogP contribution in [0.5, 0.6) is 0 Å². The summed E-state index contributed by atoms with van der Waals surface area (Å²) in [4.78, 5) is 21.4. The highest BCUT2D eigenvalue weighted by molar-refractivity contribution is 5.78. The molecule has 0 aliphatic carbocycles. The molecule has 1 heterocycles. The van der Waals surface area contributed by atoms with Gasteiger partial charge in [0, 0.05) is 30.5 Å². The first-order valence-corrected chi connectivity index (χ1v) is 10.3. The van der Waals surface area contributed by atoms with Crippen molar-refractivity contribution in [3.8, 4) is 0 Å². The second kappa shape index (κ2) is 10.4. The fourth-order valence-corrected chi connectivity index (χ4v) is 3.15. The number of aromatic nitrogens is 2. The monoisotopic (exact) mass is 456 g/mol. The Morgan fingerprint density at radius 3 is 1.84 bits per heavy atom. The first-order valence-electron chi connectivity index (χ1n) is 10.3. The maximum Gasteiger partial charge on any atom is 0.314 e. The number of hydrogen-bond donors (Lipinski definition) is 0. The van der Waals surface area contributed by atoms with Gasteiger partial charge >= 0.3 is 5.97 Å². The number of halogens is 4. The Hall–Kier alpha value is -2.55. The van der Waals surface area contributed by atoms with E-state index in [4.69, 9.17) is 4.74 Å². The van der Waals surface area contributed by atoms with Gasteiger partial charge in [0.15, 0.2) is 23.3 Å². The smallest absolute Gasteiger partial charge is 0.314 e. The van der Waals surface area contributed by atoms with Gasteiger partial charge in [-0.15, -0.1) is 0 Å². The van der Waals surface area contributed by atoms with Gasteiger partial charge in [0.05, 0.1) is 23.7 Å². The van der Waals surface area contributed by atoms with Crippen molar-refractivity contribution >= 4 is 5.97 Å². The minimum Gasteiger partial charge on any atom is -0.460 e. The van der Waals surface area contributed by atoms with Crippen molar-refractivity contribution in [1.82, 2.24) is 9.97 Å². The lowest BCUT2D eigenvalue weighted by molar-refractivity contribution is -0.148. The second-order valence-corrected chi connectivity index (χ2v) is 8.55. The van der Waals surface area contributed by atoms with Gasteiger partial charge in [0.25, 0.3) is 0 Å². The average Bonchev–Trinajstić information content (AvgIpc) is 2.75. The van der Waals surface area contributed by atoms with Crippen molar-refractivity contribution in [2.24, 2.45) is 5.92 Å². The van der Waals surface area contributed by atoms with Crippen LogP contribution in [0.15, 0.2) is 12.4 Å². The Balaban J connectivity index is 2.27. The van der Waals surface area contributed by atoms with E-state index in [0.717, 1.165) is 13.5 Å². The van der Waals surface area contributed by atoms with Gasteiger partial charge in [0.2, 0.25) is 0 Å². The summed E-state index contributed by atoms with van der Waals surface area (Å²) in [7, 11) is 1.13. The molecule has 0 aliphatic heterocycles. The van der Waals surface area contributed by atoms with Crippen LogP contribution in [-0.4, -0.2) is 23.0 Å². The molecular formula is C23H28F4N2O3. The number of carbonyl (C=O) groups is 1. The highest BCUT2D eigenvalue weighted by atomic mass is 19.2. The standard InChI is InChI=1S/C23H28F4N2O3/c1-7-23(4,5)22-28-8-13(9-29-22)16(12(2)3)21(30)32-11-15-19(26)17(24)14(10-31-6)18(25)20(15)27/h8-9,12,16H,7,10-11H2,1-6H3. The predicted octanol–water partition coefficient (Wildman–Crippen LogP) is 5.35. The van der Waals surface area contributed by atoms with Crippen LogP contribution < -0.4 is 0 Å².